The van der Waals surface area contributed by atoms with Crippen molar-refractivity contribution >= 4 is 15.8 Å². The first kappa shape index (κ1) is 11.5. The normalized spacial score (nSPS) is 20.9. The van der Waals surface area contributed by atoms with E-state index < -0.39 is 21.2 Å². The van der Waals surface area contributed by atoms with E-state index >= 15 is 0 Å². The van der Waals surface area contributed by atoms with Gasteiger partial charge in [0.05, 0.1) is 11.2 Å². The monoisotopic (exact) mass is 220 g/mol. The minimum absolute atomic E-state index is 0.0146. The Kier molecular flexibility index (Phi) is 3.19. The summed E-state index contributed by atoms with van der Waals surface area (Å²) >= 11 is 0. The quantitative estimate of drug-likeness (QED) is 0.769. The molecule has 0 amide bonds. The Hall–Kier alpha value is -0.580. The van der Waals surface area contributed by atoms with Gasteiger partial charge in [-0.3, -0.25) is 4.79 Å². The van der Waals surface area contributed by atoms with E-state index in [0.29, 0.717) is 12.8 Å². The van der Waals surface area contributed by atoms with Crippen LogP contribution in [-0.2, 0) is 14.6 Å². The van der Waals surface area contributed by atoms with E-state index in [1.807, 2.05) is 0 Å². The van der Waals surface area contributed by atoms with Gasteiger partial charge in [-0.05, 0) is 19.3 Å². The molecule has 0 aromatic rings. The van der Waals surface area contributed by atoms with Gasteiger partial charge in [-0.2, -0.15) is 0 Å². The Morgan fingerprint density at radius 2 is 1.86 bits per heavy atom. The number of sulfone groups is 1. The molecule has 0 radical (unpaired) electrons. The highest BCUT2D eigenvalue weighted by molar-refractivity contribution is 7.90. The van der Waals surface area contributed by atoms with Crippen LogP contribution in [0.3, 0.4) is 0 Å². The van der Waals surface area contributed by atoms with Gasteiger partial charge in [0.2, 0.25) is 0 Å². The molecule has 1 fully saturated rings. The van der Waals surface area contributed by atoms with Gasteiger partial charge >= 0.3 is 5.97 Å². The average molecular weight is 220 g/mol. The van der Waals surface area contributed by atoms with Gasteiger partial charge in [0, 0.05) is 6.26 Å². The largest absolute Gasteiger partial charge is 0.481 e. The first-order valence-corrected chi connectivity index (χ1v) is 6.83. The molecule has 0 saturated heterocycles. The van der Waals surface area contributed by atoms with Gasteiger partial charge in [-0.15, -0.1) is 0 Å². The van der Waals surface area contributed by atoms with E-state index in [-0.39, 0.29) is 12.2 Å². The molecular formula is C9H16O4S. The van der Waals surface area contributed by atoms with Crippen molar-refractivity contribution in [3.8, 4) is 0 Å². The Morgan fingerprint density at radius 3 is 2.21 bits per heavy atom. The van der Waals surface area contributed by atoms with Crippen LogP contribution in [0.2, 0.25) is 0 Å². The molecule has 0 atom stereocenters. The summed E-state index contributed by atoms with van der Waals surface area (Å²) in [5, 5.41) is 9.07. The smallest absolute Gasteiger partial charge is 0.309 e. The fraction of sp³-hybridized carbons (Fsp3) is 0.889. The Bertz CT molecular complexity index is 312. The van der Waals surface area contributed by atoms with Crippen molar-refractivity contribution in [2.24, 2.45) is 5.41 Å². The number of carboxylic acids is 1. The van der Waals surface area contributed by atoms with Crippen LogP contribution in [0.1, 0.15) is 32.1 Å². The highest BCUT2D eigenvalue weighted by atomic mass is 32.2. The van der Waals surface area contributed by atoms with Crippen LogP contribution in [0.25, 0.3) is 0 Å². The molecule has 1 rings (SSSR count). The average Bonchev–Trinajstić information content (AvgIpc) is 2.48. The molecule has 82 valence electrons. The van der Waals surface area contributed by atoms with Gasteiger partial charge in [-0.1, -0.05) is 12.8 Å². The Labute approximate surface area is 84.2 Å². The van der Waals surface area contributed by atoms with Crippen molar-refractivity contribution in [2.45, 2.75) is 32.1 Å². The van der Waals surface area contributed by atoms with E-state index in [9.17, 15) is 13.2 Å². The Morgan fingerprint density at radius 1 is 1.36 bits per heavy atom. The van der Waals surface area contributed by atoms with Crippen LogP contribution in [0.5, 0.6) is 0 Å². The summed E-state index contributed by atoms with van der Waals surface area (Å²) in [5.74, 6) is -0.849. The molecule has 1 aliphatic carbocycles. The van der Waals surface area contributed by atoms with Crippen molar-refractivity contribution in [2.75, 3.05) is 12.0 Å². The molecule has 5 heteroatoms. The highest BCUT2D eigenvalue weighted by Crippen LogP contribution is 2.41. The molecule has 0 aromatic carbocycles. The van der Waals surface area contributed by atoms with Crippen LogP contribution in [0.4, 0.5) is 0 Å². The van der Waals surface area contributed by atoms with Gasteiger partial charge in [0.1, 0.15) is 9.84 Å². The van der Waals surface area contributed by atoms with Gasteiger partial charge in [-0.25, -0.2) is 8.42 Å². The van der Waals surface area contributed by atoms with Crippen LogP contribution in [-0.4, -0.2) is 31.5 Å². The molecular weight excluding hydrogens is 204 g/mol. The molecule has 0 aliphatic heterocycles. The molecule has 0 bridgehead atoms. The predicted molar refractivity (Wildman–Crippen MR) is 52.9 cm³/mol. The van der Waals surface area contributed by atoms with Gasteiger partial charge in [0.15, 0.2) is 0 Å². The molecule has 0 spiro atoms. The zero-order valence-corrected chi connectivity index (χ0v) is 9.14. The second-order valence-corrected chi connectivity index (χ2v) is 6.43. The summed E-state index contributed by atoms with van der Waals surface area (Å²) in [6.07, 6.45) is 4.46. The van der Waals surface area contributed by atoms with Crippen molar-refractivity contribution in [1.82, 2.24) is 0 Å². The second kappa shape index (κ2) is 3.88. The SMILES string of the molecule is CS(=O)(=O)CCC1(C(=O)O)CCCC1. The van der Waals surface area contributed by atoms with Crippen molar-refractivity contribution in [3.05, 3.63) is 0 Å². The summed E-state index contributed by atoms with van der Waals surface area (Å²) in [7, 11) is -3.05. The van der Waals surface area contributed by atoms with Crippen molar-refractivity contribution < 1.29 is 18.3 Å². The number of hydrogen-bond donors (Lipinski definition) is 1. The predicted octanol–water partition coefficient (Wildman–Crippen LogP) is 1.07. The summed E-state index contributed by atoms with van der Waals surface area (Å²) in [5.41, 5.74) is -0.761. The van der Waals surface area contributed by atoms with E-state index in [4.69, 9.17) is 5.11 Å². The lowest BCUT2D eigenvalue weighted by molar-refractivity contribution is -0.148. The highest BCUT2D eigenvalue weighted by Gasteiger charge is 2.41. The maximum Gasteiger partial charge on any atom is 0.309 e. The zero-order chi connectivity index (χ0) is 10.8. The maximum atomic E-state index is 11.0. The number of aliphatic carboxylic acids is 1. The first-order chi connectivity index (χ1) is 6.36. The third kappa shape index (κ3) is 2.70. The standard InChI is InChI=1S/C9H16O4S/c1-14(12,13)7-6-9(8(10)11)4-2-3-5-9/h2-7H2,1H3,(H,10,11). The van der Waals surface area contributed by atoms with Crippen LogP contribution < -0.4 is 0 Å². The van der Waals surface area contributed by atoms with Crippen LogP contribution in [0, 0.1) is 5.41 Å². The molecule has 0 aromatic heterocycles. The number of hydrogen-bond acceptors (Lipinski definition) is 3. The van der Waals surface area contributed by atoms with E-state index in [2.05, 4.69) is 0 Å². The maximum absolute atomic E-state index is 11.0. The summed E-state index contributed by atoms with van der Waals surface area (Å²) < 4.78 is 21.9. The van der Waals surface area contributed by atoms with E-state index in [0.717, 1.165) is 19.1 Å². The lowest BCUT2D eigenvalue weighted by atomic mass is 9.84. The third-order valence-electron chi connectivity index (χ3n) is 2.97. The summed E-state index contributed by atoms with van der Waals surface area (Å²) in [6, 6.07) is 0. The molecule has 4 nitrogen and oxygen atoms in total. The fourth-order valence-corrected chi connectivity index (χ4v) is 2.76. The molecule has 0 heterocycles. The molecule has 0 unspecified atom stereocenters. The number of carboxylic acid groups (broad SMARTS) is 1. The van der Waals surface area contributed by atoms with E-state index in [1.165, 1.54) is 0 Å². The lowest BCUT2D eigenvalue weighted by Crippen LogP contribution is -2.30. The molecule has 14 heavy (non-hydrogen) atoms. The molecule has 1 N–H and O–H groups in total. The van der Waals surface area contributed by atoms with Crippen molar-refractivity contribution in [3.63, 3.8) is 0 Å². The topological polar surface area (TPSA) is 71.4 Å². The van der Waals surface area contributed by atoms with Crippen molar-refractivity contribution in [1.29, 1.82) is 0 Å². The van der Waals surface area contributed by atoms with Gasteiger partial charge in [0.25, 0.3) is 0 Å². The third-order valence-corrected chi connectivity index (χ3v) is 3.91. The van der Waals surface area contributed by atoms with E-state index in [1.54, 1.807) is 0 Å². The minimum Gasteiger partial charge on any atom is -0.481 e. The number of rotatable bonds is 4. The summed E-state index contributed by atoms with van der Waals surface area (Å²) in [4.78, 5) is 11.0. The summed E-state index contributed by atoms with van der Waals surface area (Å²) in [6.45, 7) is 0. The molecule has 1 saturated carbocycles. The lowest BCUT2D eigenvalue weighted by Gasteiger charge is -2.22. The minimum atomic E-state index is -3.05. The Balaban J connectivity index is 2.66. The second-order valence-electron chi connectivity index (χ2n) is 4.17. The zero-order valence-electron chi connectivity index (χ0n) is 8.32. The van der Waals surface area contributed by atoms with Crippen LogP contribution >= 0.6 is 0 Å². The fourth-order valence-electron chi connectivity index (χ4n) is 2.00. The van der Waals surface area contributed by atoms with Crippen LogP contribution in [0.15, 0.2) is 0 Å². The first-order valence-electron chi connectivity index (χ1n) is 4.77. The van der Waals surface area contributed by atoms with Gasteiger partial charge < -0.3 is 5.11 Å². The molecule has 1 aliphatic rings. The number of carbonyl (C=O) groups is 1.